The molecule has 0 bridgehead atoms. The van der Waals surface area contributed by atoms with Crippen LogP contribution in [-0.2, 0) is 0 Å². The predicted octanol–water partition coefficient (Wildman–Crippen LogP) is 3.17. The van der Waals surface area contributed by atoms with Gasteiger partial charge in [0.15, 0.2) is 0 Å². The average molecular weight is 340 g/mol. The summed E-state index contributed by atoms with van der Waals surface area (Å²) in [6.07, 6.45) is 4.59. The summed E-state index contributed by atoms with van der Waals surface area (Å²) in [5.74, 6) is 0.952. The molecule has 0 radical (unpaired) electrons. The third kappa shape index (κ3) is 3.42. The zero-order valence-electron chi connectivity index (χ0n) is 13.7. The molecule has 0 fully saturated rings. The molecule has 0 spiro atoms. The van der Waals surface area contributed by atoms with Gasteiger partial charge in [0, 0.05) is 24.0 Å². The lowest BCUT2D eigenvalue weighted by Gasteiger charge is -2.12. The summed E-state index contributed by atoms with van der Waals surface area (Å²) in [5, 5.41) is 14.1. The lowest BCUT2D eigenvalue weighted by molar-refractivity contribution is -0.384. The Balaban J connectivity index is 1.86. The van der Waals surface area contributed by atoms with Gasteiger partial charge >= 0.3 is 0 Å². The number of nitrogens with one attached hydrogen (secondary N) is 1. The largest absolute Gasteiger partial charge is 0.464 e. The van der Waals surface area contributed by atoms with Gasteiger partial charge in [-0.1, -0.05) is 0 Å². The Morgan fingerprint density at radius 3 is 2.76 bits per heavy atom. The summed E-state index contributed by atoms with van der Waals surface area (Å²) in [6.45, 7) is 3.60. The zero-order chi connectivity index (χ0) is 18.0. The van der Waals surface area contributed by atoms with Crippen LogP contribution >= 0.6 is 0 Å². The minimum absolute atomic E-state index is 0.174. The van der Waals surface area contributed by atoms with Crippen molar-refractivity contribution in [2.45, 2.75) is 19.9 Å². The molecule has 3 aromatic rings. The lowest BCUT2D eigenvalue weighted by atomic mass is 10.1. The molecule has 0 aliphatic carbocycles. The van der Waals surface area contributed by atoms with Crippen LogP contribution in [0.5, 0.6) is 0 Å². The van der Waals surface area contributed by atoms with Gasteiger partial charge in [0.1, 0.15) is 17.2 Å². The van der Waals surface area contributed by atoms with E-state index in [-0.39, 0.29) is 17.3 Å². The van der Waals surface area contributed by atoms with Crippen molar-refractivity contribution in [3.8, 4) is 5.69 Å². The van der Waals surface area contributed by atoms with Crippen LogP contribution in [0.1, 0.15) is 34.8 Å². The number of hydrogen-bond donors (Lipinski definition) is 1. The second-order valence-corrected chi connectivity index (χ2v) is 5.57. The summed E-state index contributed by atoms with van der Waals surface area (Å²) < 4.78 is 7.00. The molecule has 8 heteroatoms. The van der Waals surface area contributed by atoms with Crippen molar-refractivity contribution in [2.24, 2.45) is 0 Å². The number of aromatic nitrogens is 2. The van der Waals surface area contributed by atoms with Crippen LogP contribution < -0.4 is 5.32 Å². The summed E-state index contributed by atoms with van der Waals surface area (Å²) in [6, 6.07) is 7.56. The first kappa shape index (κ1) is 16.4. The second kappa shape index (κ2) is 6.60. The van der Waals surface area contributed by atoms with E-state index in [2.05, 4.69) is 10.3 Å². The number of carbonyl (C=O) groups is 1. The first-order chi connectivity index (χ1) is 12.0. The Morgan fingerprint density at radius 2 is 2.16 bits per heavy atom. The van der Waals surface area contributed by atoms with E-state index in [4.69, 9.17) is 4.42 Å². The number of amides is 1. The van der Waals surface area contributed by atoms with Crippen molar-refractivity contribution in [3.63, 3.8) is 0 Å². The van der Waals surface area contributed by atoms with Crippen LogP contribution in [0.2, 0.25) is 0 Å². The fraction of sp³-hybridized carbons (Fsp3) is 0.176. The van der Waals surface area contributed by atoms with Crippen molar-refractivity contribution < 1.29 is 14.1 Å². The maximum absolute atomic E-state index is 12.4. The molecule has 128 valence electrons. The van der Waals surface area contributed by atoms with Gasteiger partial charge in [-0.3, -0.25) is 14.9 Å². The molecule has 0 aliphatic rings. The van der Waals surface area contributed by atoms with E-state index in [0.29, 0.717) is 11.4 Å². The number of nitro groups is 1. The number of nitro benzene ring substituents is 1. The maximum atomic E-state index is 12.4. The van der Waals surface area contributed by atoms with Crippen LogP contribution in [-0.4, -0.2) is 20.4 Å². The molecule has 0 aliphatic heterocycles. The van der Waals surface area contributed by atoms with Gasteiger partial charge in [-0.05, 0) is 38.1 Å². The number of furan rings is 1. The van der Waals surface area contributed by atoms with Gasteiger partial charge in [0.2, 0.25) is 0 Å². The van der Waals surface area contributed by atoms with Gasteiger partial charge in [-0.2, -0.15) is 0 Å². The monoisotopic (exact) mass is 340 g/mol. The van der Waals surface area contributed by atoms with Crippen molar-refractivity contribution in [1.29, 1.82) is 0 Å². The van der Waals surface area contributed by atoms with Crippen molar-refractivity contribution in [3.05, 3.63) is 76.3 Å². The van der Waals surface area contributed by atoms with E-state index in [1.165, 1.54) is 35.3 Å². The minimum atomic E-state index is -0.522. The van der Waals surface area contributed by atoms with E-state index in [1.807, 2.05) is 13.0 Å². The maximum Gasteiger partial charge on any atom is 0.294 e. The van der Waals surface area contributed by atoms with E-state index < -0.39 is 10.8 Å². The Hall–Kier alpha value is -3.42. The molecular weight excluding hydrogens is 324 g/mol. The number of imidazole rings is 1. The van der Waals surface area contributed by atoms with Crippen LogP contribution in [0.3, 0.4) is 0 Å². The first-order valence-electron chi connectivity index (χ1n) is 7.59. The highest BCUT2D eigenvalue weighted by Crippen LogP contribution is 2.25. The third-order valence-electron chi connectivity index (χ3n) is 3.75. The lowest BCUT2D eigenvalue weighted by Crippen LogP contribution is -2.26. The van der Waals surface area contributed by atoms with Crippen molar-refractivity contribution >= 4 is 11.6 Å². The van der Waals surface area contributed by atoms with Crippen LogP contribution in [0.15, 0.2) is 53.5 Å². The molecule has 1 atom stereocenters. The smallest absolute Gasteiger partial charge is 0.294 e. The summed E-state index contributed by atoms with van der Waals surface area (Å²) in [4.78, 5) is 27.1. The third-order valence-corrected chi connectivity index (χ3v) is 3.75. The fourth-order valence-electron chi connectivity index (χ4n) is 2.47. The molecule has 25 heavy (non-hydrogen) atoms. The Bertz CT molecular complexity index is 915. The number of hydrogen-bond acceptors (Lipinski definition) is 5. The predicted molar refractivity (Wildman–Crippen MR) is 89.5 cm³/mol. The molecule has 0 saturated carbocycles. The standard InChI is InChI=1S/C17H16N4O4/c1-11-3-6-16(25-11)12(2)19-17(22)13-4-5-14(15(9-13)21(23)24)20-8-7-18-10-20/h3-10,12H,1-2H3,(H,19,22). The number of rotatable bonds is 5. The molecule has 8 nitrogen and oxygen atoms in total. The van der Waals surface area contributed by atoms with Gasteiger partial charge in [0.05, 0.1) is 17.3 Å². The zero-order valence-corrected chi connectivity index (χ0v) is 13.7. The average Bonchev–Trinajstić information content (AvgIpc) is 3.25. The molecule has 3 rings (SSSR count). The van der Waals surface area contributed by atoms with E-state index in [0.717, 1.165) is 5.76 Å². The molecule has 1 amide bonds. The van der Waals surface area contributed by atoms with Crippen LogP contribution in [0.4, 0.5) is 5.69 Å². The summed E-state index contributed by atoms with van der Waals surface area (Å²) in [5.41, 5.74) is 0.367. The first-order valence-corrected chi connectivity index (χ1v) is 7.59. The van der Waals surface area contributed by atoms with E-state index in [9.17, 15) is 14.9 Å². The van der Waals surface area contributed by atoms with Crippen LogP contribution in [0, 0.1) is 17.0 Å². The molecule has 1 N–H and O–H groups in total. The van der Waals surface area contributed by atoms with Crippen molar-refractivity contribution in [2.75, 3.05) is 0 Å². The molecule has 1 unspecified atom stereocenters. The van der Waals surface area contributed by atoms with E-state index >= 15 is 0 Å². The SMILES string of the molecule is Cc1ccc(C(C)NC(=O)c2ccc(-n3ccnc3)c([N+](=O)[O-])c2)o1. The second-order valence-electron chi connectivity index (χ2n) is 5.57. The number of carbonyl (C=O) groups excluding carboxylic acids is 1. The summed E-state index contributed by atoms with van der Waals surface area (Å²) in [7, 11) is 0. The number of benzene rings is 1. The minimum Gasteiger partial charge on any atom is -0.464 e. The fourth-order valence-corrected chi connectivity index (χ4v) is 2.47. The Kier molecular flexibility index (Phi) is 4.34. The molecular formula is C17H16N4O4. The van der Waals surface area contributed by atoms with E-state index in [1.54, 1.807) is 19.2 Å². The molecule has 2 aromatic heterocycles. The van der Waals surface area contributed by atoms with Crippen LogP contribution in [0.25, 0.3) is 5.69 Å². The normalized spacial score (nSPS) is 11.9. The molecule has 1 aromatic carbocycles. The molecule has 0 saturated heterocycles. The summed E-state index contributed by atoms with van der Waals surface area (Å²) >= 11 is 0. The number of nitrogens with zero attached hydrogens (tertiary/aromatic N) is 3. The Labute approximate surface area is 143 Å². The van der Waals surface area contributed by atoms with Gasteiger partial charge in [-0.15, -0.1) is 0 Å². The van der Waals surface area contributed by atoms with Gasteiger partial charge < -0.3 is 14.3 Å². The molecule has 2 heterocycles. The van der Waals surface area contributed by atoms with Crippen molar-refractivity contribution in [1.82, 2.24) is 14.9 Å². The highest BCUT2D eigenvalue weighted by Gasteiger charge is 2.20. The Morgan fingerprint density at radius 1 is 1.36 bits per heavy atom. The topological polar surface area (TPSA) is 103 Å². The van der Waals surface area contributed by atoms with Gasteiger partial charge in [-0.25, -0.2) is 4.98 Å². The van der Waals surface area contributed by atoms with Gasteiger partial charge in [0.25, 0.3) is 11.6 Å². The highest BCUT2D eigenvalue weighted by atomic mass is 16.6. The quantitative estimate of drug-likeness (QED) is 0.567. The number of aryl methyl sites for hydroxylation is 1. The highest BCUT2D eigenvalue weighted by molar-refractivity contribution is 5.95.